The number of benzene rings is 1. The van der Waals surface area contributed by atoms with E-state index in [2.05, 4.69) is 30.6 Å². The van der Waals surface area contributed by atoms with E-state index in [1.54, 1.807) is 17.2 Å². The third kappa shape index (κ3) is 3.13. The average Bonchev–Trinajstić information content (AvgIpc) is 3.33. The molecule has 4 rings (SSSR count). The zero-order valence-corrected chi connectivity index (χ0v) is 13.4. The number of nitrogens with zero attached hydrogens (tertiary/aromatic N) is 6. The molecule has 0 fully saturated rings. The predicted molar refractivity (Wildman–Crippen MR) is 91.8 cm³/mol. The Balaban J connectivity index is 1.41. The number of hydrogen-bond donors (Lipinski definition) is 1. The van der Waals surface area contributed by atoms with Gasteiger partial charge in [0.15, 0.2) is 5.01 Å². The van der Waals surface area contributed by atoms with E-state index < -0.39 is 0 Å². The fourth-order valence-electron chi connectivity index (χ4n) is 2.17. The lowest BCUT2D eigenvalue weighted by Gasteiger charge is -2.04. The molecule has 0 saturated heterocycles. The topological polar surface area (TPSA) is 81.4 Å². The predicted octanol–water partition coefficient (Wildman–Crippen LogP) is 2.79. The van der Waals surface area contributed by atoms with Gasteiger partial charge in [-0.1, -0.05) is 29.5 Å². The molecular formula is C16H13N7S. The molecule has 0 aliphatic heterocycles. The minimum atomic E-state index is 0.675. The molecule has 1 N–H and O–H groups in total. The first-order valence-corrected chi connectivity index (χ1v) is 8.13. The molecule has 0 atom stereocenters. The van der Waals surface area contributed by atoms with E-state index in [1.165, 1.54) is 17.7 Å². The Morgan fingerprint density at radius 1 is 1.04 bits per heavy atom. The maximum Gasteiger partial charge on any atom is 0.206 e. The van der Waals surface area contributed by atoms with Gasteiger partial charge in [-0.3, -0.25) is 4.98 Å². The quantitative estimate of drug-likeness (QED) is 0.604. The van der Waals surface area contributed by atoms with Crippen LogP contribution in [0, 0.1) is 0 Å². The van der Waals surface area contributed by atoms with Crippen LogP contribution in [-0.4, -0.2) is 29.9 Å². The molecule has 0 aliphatic rings. The summed E-state index contributed by atoms with van der Waals surface area (Å²) in [6.45, 7) is 0.675. The first-order chi connectivity index (χ1) is 11.9. The summed E-state index contributed by atoms with van der Waals surface area (Å²) in [5.41, 5.74) is 2.96. The monoisotopic (exact) mass is 335 g/mol. The molecule has 3 heterocycles. The highest BCUT2D eigenvalue weighted by Crippen LogP contribution is 2.24. The van der Waals surface area contributed by atoms with Gasteiger partial charge in [-0.2, -0.15) is 5.10 Å². The van der Waals surface area contributed by atoms with Crippen molar-refractivity contribution >= 4 is 16.5 Å². The van der Waals surface area contributed by atoms with Crippen molar-refractivity contribution in [2.24, 2.45) is 0 Å². The summed E-state index contributed by atoms with van der Waals surface area (Å²) in [6.07, 6.45) is 4.94. The summed E-state index contributed by atoms with van der Waals surface area (Å²) in [4.78, 5) is 8.23. The summed E-state index contributed by atoms with van der Waals surface area (Å²) >= 11 is 1.49. The number of pyridine rings is 1. The number of hydrogen-bond acceptors (Lipinski definition) is 7. The molecule has 0 saturated carbocycles. The summed E-state index contributed by atoms with van der Waals surface area (Å²) in [6, 6.07) is 13.8. The summed E-state index contributed by atoms with van der Waals surface area (Å²) < 4.78 is 1.72. The van der Waals surface area contributed by atoms with Crippen LogP contribution in [0.3, 0.4) is 0 Å². The third-order valence-corrected chi connectivity index (χ3v) is 4.28. The van der Waals surface area contributed by atoms with Crippen LogP contribution in [0.25, 0.3) is 16.4 Å². The third-order valence-electron chi connectivity index (χ3n) is 3.37. The number of anilines is 1. The van der Waals surface area contributed by atoms with Crippen molar-refractivity contribution in [3.05, 3.63) is 66.9 Å². The van der Waals surface area contributed by atoms with Gasteiger partial charge in [0.05, 0.1) is 5.69 Å². The van der Waals surface area contributed by atoms with Crippen LogP contribution >= 0.6 is 11.3 Å². The smallest absolute Gasteiger partial charge is 0.206 e. The fraction of sp³-hybridized carbons (Fsp3) is 0.0625. The van der Waals surface area contributed by atoms with Gasteiger partial charge >= 0.3 is 0 Å². The van der Waals surface area contributed by atoms with Gasteiger partial charge in [-0.15, -0.1) is 10.2 Å². The molecule has 0 spiro atoms. The highest BCUT2D eigenvalue weighted by molar-refractivity contribution is 7.18. The fourth-order valence-corrected chi connectivity index (χ4v) is 2.89. The van der Waals surface area contributed by atoms with E-state index in [9.17, 15) is 0 Å². The van der Waals surface area contributed by atoms with Crippen LogP contribution in [0.4, 0.5) is 5.13 Å². The molecule has 0 aliphatic carbocycles. The molecule has 3 aromatic heterocycles. The van der Waals surface area contributed by atoms with Crippen molar-refractivity contribution in [2.75, 3.05) is 5.32 Å². The highest BCUT2D eigenvalue weighted by Gasteiger charge is 2.07. The van der Waals surface area contributed by atoms with Crippen molar-refractivity contribution in [2.45, 2.75) is 6.54 Å². The van der Waals surface area contributed by atoms with Crippen molar-refractivity contribution in [3.8, 4) is 16.4 Å². The molecule has 0 radical (unpaired) electrons. The summed E-state index contributed by atoms with van der Waals surface area (Å²) in [7, 11) is 0. The number of aromatic nitrogens is 6. The normalized spacial score (nSPS) is 10.7. The Bertz CT molecular complexity index is 901. The van der Waals surface area contributed by atoms with Crippen molar-refractivity contribution in [1.29, 1.82) is 0 Å². The van der Waals surface area contributed by atoms with Crippen LogP contribution < -0.4 is 5.32 Å². The standard InChI is InChI=1S/C16H13N7S/c1-2-8-18-14(3-1)15-21-22-16(24-15)19-9-12-4-6-13(7-5-12)23-11-17-10-20-23/h1-8,10-11H,9H2,(H,19,22). The molecule has 0 bridgehead atoms. The Morgan fingerprint density at radius 2 is 1.96 bits per heavy atom. The van der Waals surface area contributed by atoms with Crippen LogP contribution in [-0.2, 0) is 6.54 Å². The Kier molecular flexibility index (Phi) is 3.95. The van der Waals surface area contributed by atoms with Crippen molar-refractivity contribution in [1.82, 2.24) is 29.9 Å². The van der Waals surface area contributed by atoms with E-state index in [0.717, 1.165) is 27.1 Å². The molecule has 0 amide bonds. The molecule has 0 unspecified atom stereocenters. The van der Waals surface area contributed by atoms with Crippen molar-refractivity contribution in [3.63, 3.8) is 0 Å². The molecule has 4 aromatic rings. The number of rotatable bonds is 5. The minimum Gasteiger partial charge on any atom is -0.356 e. The minimum absolute atomic E-state index is 0.675. The maximum absolute atomic E-state index is 4.28. The zero-order valence-electron chi connectivity index (χ0n) is 12.6. The summed E-state index contributed by atoms with van der Waals surface area (Å²) in [5.74, 6) is 0. The lowest BCUT2D eigenvalue weighted by molar-refractivity contribution is 0.877. The SMILES string of the molecule is c1ccc(-c2nnc(NCc3ccc(-n4cncn4)cc3)s2)nc1. The van der Waals surface area contributed by atoms with Crippen molar-refractivity contribution < 1.29 is 0 Å². The lowest BCUT2D eigenvalue weighted by Crippen LogP contribution is -2.00. The molecule has 7 nitrogen and oxygen atoms in total. The molecular weight excluding hydrogens is 322 g/mol. The van der Waals surface area contributed by atoms with Gasteiger partial charge in [-0.05, 0) is 29.8 Å². The second kappa shape index (κ2) is 6.55. The first-order valence-electron chi connectivity index (χ1n) is 7.31. The van der Waals surface area contributed by atoms with E-state index in [4.69, 9.17) is 0 Å². The molecule has 118 valence electrons. The van der Waals surface area contributed by atoms with Gasteiger partial charge in [0.2, 0.25) is 5.13 Å². The van der Waals surface area contributed by atoms with E-state index >= 15 is 0 Å². The van der Waals surface area contributed by atoms with Gasteiger partial charge < -0.3 is 5.32 Å². The van der Waals surface area contributed by atoms with Crippen LogP contribution in [0.15, 0.2) is 61.3 Å². The zero-order chi connectivity index (χ0) is 16.2. The Labute approximate surface area is 142 Å². The van der Waals surface area contributed by atoms with Gasteiger partial charge in [0, 0.05) is 12.7 Å². The largest absolute Gasteiger partial charge is 0.356 e. The van der Waals surface area contributed by atoms with Gasteiger partial charge in [0.1, 0.15) is 18.3 Å². The molecule has 8 heteroatoms. The Morgan fingerprint density at radius 3 is 2.71 bits per heavy atom. The van der Waals surface area contributed by atoms with Gasteiger partial charge in [-0.25, -0.2) is 9.67 Å². The number of nitrogens with one attached hydrogen (secondary N) is 1. The first kappa shape index (κ1) is 14.5. The van der Waals surface area contributed by atoms with E-state index in [1.807, 2.05) is 42.5 Å². The molecule has 1 aromatic carbocycles. The highest BCUT2D eigenvalue weighted by atomic mass is 32.1. The summed E-state index contributed by atoms with van der Waals surface area (Å²) in [5, 5.41) is 17.3. The van der Waals surface area contributed by atoms with Crippen LogP contribution in [0.1, 0.15) is 5.56 Å². The molecule has 24 heavy (non-hydrogen) atoms. The van der Waals surface area contributed by atoms with Crippen LogP contribution in [0.2, 0.25) is 0 Å². The second-order valence-corrected chi connectivity index (χ2v) is 5.96. The van der Waals surface area contributed by atoms with E-state index in [0.29, 0.717) is 6.54 Å². The van der Waals surface area contributed by atoms with Crippen LogP contribution in [0.5, 0.6) is 0 Å². The lowest BCUT2D eigenvalue weighted by atomic mass is 10.2. The maximum atomic E-state index is 4.28. The van der Waals surface area contributed by atoms with E-state index in [-0.39, 0.29) is 0 Å². The second-order valence-electron chi connectivity index (χ2n) is 4.99. The average molecular weight is 335 g/mol. The Hall–Kier alpha value is -3.13. The van der Waals surface area contributed by atoms with Gasteiger partial charge in [0.25, 0.3) is 0 Å².